The van der Waals surface area contributed by atoms with Gasteiger partial charge in [0.15, 0.2) is 11.5 Å². The Labute approximate surface area is 111 Å². The Morgan fingerprint density at radius 1 is 1.28 bits per heavy atom. The molecular weight excluding hydrogens is 250 g/mol. The van der Waals surface area contributed by atoms with E-state index in [1.807, 2.05) is 25.1 Å². The van der Waals surface area contributed by atoms with E-state index in [-0.39, 0.29) is 6.04 Å². The van der Waals surface area contributed by atoms with Gasteiger partial charge < -0.3 is 15.2 Å². The molecule has 0 aliphatic rings. The maximum Gasteiger partial charge on any atom is 0.161 e. The summed E-state index contributed by atoms with van der Waals surface area (Å²) in [5.41, 5.74) is 6.63. The van der Waals surface area contributed by atoms with E-state index < -0.39 is 10.8 Å². The van der Waals surface area contributed by atoms with E-state index in [4.69, 9.17) is 15.2 Å². The lowest BCUT2D eigenvalue weighted by Crippen LogP contribution is -2.18. The molecule has 0 heterocycles. The van der Waals surface area contributed by atoms with Crippen molar-refractivity contribution in [1.82, 2.24) is 0 Å². The first-order chi connectivity index (χ1) is 8.56. The maximum atomic E-state index is 11.9. The highest BCUT2D eigenvalue weighted by atomic mass is 32.2. The van der Waals surface area contributed by atoms with Crippen molar-refractivity contribution < 1.29 is 13.7 Å². The lowest BCUT2D eigenvalue weighted by atomic mass is 10.2. The summed E-state index contributed by atoms with van der Waals surface area (Å²) in [5, 5.41) is 0. The van der Waals surface area contributed by atoms with Crippen LogP contribution in [0, 0.1) is 0 Å². The van der Waals surface area contributed by atoms with Crippen LogP contribution in [0.4, 0.5) is 0 Å². The van der Waals surface area contributed by atoms with Gasteiger partial charge in [0.1, 0.15) is 0 Å². The van der Waals surface area contributed by atoms with Crippen LogP contribution in [0.15, 0.2) is 18.2 Å². The van der Waals surface area contributed by atoms with Gasteiger partial charge in [-0.2, -0.15) is 0 Å². The fourth-order valence-corrected chi connectivity index (χ4v) is 2.88. The van der Waals surface area contributed by atoms with Crippen molar-refractivity contribution >= 4 is 10.8 Å². The lowest BCUT2D eigenvalue weighted by molar-refractivity contribution is 0.354. The minimum Gasteiger partial charge on any atom is -0.493 e. The summed E-state index contributed by atoms with van der Waals surface area (Å²) in [6.45, 7) is 1.92. The largest absolute Gasteiger partial charge is 0.493 e. The average molecular weight is 271 g/mol. The standard InChI is InChI=1S/C13H21NO3S/c1-10(14)6-7-18(15)9-11-4-5-12(16-2)13(8-11)17-3/h4-5,8,10H,6-7,9,14H2,1-3H3. The van der Waals surface area contributed by atoms with Crippen LogP contribution < -0.4 is 15.2 Å². The second kappa shape index (κ2) is 7.38. The molecule has 2 unspecified atom stereocenters. The Bertz CT molecular complexity index is 407. The monoisotopic (exact) mass is 271 g/mol. The van der Waals surface area contributed by atoms with E-state index in [1.54, 1.807) is 14.2 Å². The maximum absolute atomic E-state index is 11.9. The summed E-state index contributed by atoms with van der Waals surface area (Å²) < 4.78 is 22.2. The van der Waals surface area contributed by atoms with Crippen molar-refractivity contribution in [2.24, 2.45) is 5.73 Å². The zero-order valence-electron chi connectivity index (χ0n) is 11.1. The van der Waals surface area contributed by atoms with Crippen LogP contribution in [0.25, 0.3) is 0 Å². The Morgan fingerprint density at radius 3 is 2.50 bits per heavy atom. The normalized spacial score (nSPS) is 14.0. The molecule has 0 bridgehead atoms. The predicted octanol–water partition coefficient (Wildman–Crippen LogP) is 1.69. The molecule has 0 radical (unpaired) electrons. The molecule has 4 nitrogen and oxygen atoms in total. The summed E-state index contributed by atoms with van der Waals surface area (Å²) in [5.74, 6) is 2.50. The fraction of sp³-hybridized carbons (Fsp3) is 0.538. The summed E-state index contributed by atoms with van der Waals surface area (Å²) >= 11 is 0. The molecule has 102 valence electrons. The molecule has 0 saturated carbocycles. The highest BCUT2D eigenvalue weighted by Gasteiger charge is 2.08. The van der Waals surface area contributed by atoms with Crippen molar-refractivity contribution in [2.45, 2.75) is 25.1 Å². The minimum atomic E-state index is -0.887. The van der Waals surface area contributed by atoms with Crippen molar-refractivity contribution in [2.75, 3.05) is 20.0 Å². The van der Waals surface area contributed by atoms with Crippen LogP contribution in [-0.2, 0) is 16.6 Å². The first kappa shape index (κ1) is 15.0. The number of benzene rings is 1. The zero-order chi connectivity index (χ0) is 13.5. The van der Waals surface area contributed by atoms with Gasteiger partial charge in [-0.1, -0.05) is 6.07 Å². The molecule has 0 aliphatic heterocycles. The minimum absolute atomic E-state index is 0.0966. The molecular formula is C13H21NO3S. The van der Waals surface area contributed by atoms with Crippen molar-refractivity contribution in [3.05, 3.63) is 23.8 Å². The number of methoxy groups -OCH3 is 2. The van der Waals surface area contributed by atoms with E-state index in [0.29, 0.717) is 23.0 Å². The highest BCUT2D eigenvalue weighted by Crippen LogP contribution is 2.27. The topological polar surface area (TPSA) is 61.5 Å². The molecule has 0 aliphatic carbocycles. The van der Waals surface area contributed by atoms with E-state index in [0.717, 1.165) is 12.0 Å². The van der Waals surface area contributed by atoms with E-state index >= 15 is 0 Å². The third-order valence-corrected chi connectivity index (χ3v) is 3.92. The number of ether oxygens (including phenoxy) is 2. The SMILES string of the molecule is COc1ccc(CS(=O)CCC(C)N)cc1OC. The van der Waals surface area contributed by atoms with Crippen LogP contribution in [0.2, 0.25) is 0 Å². The second-order valence-electron chi connectivity index (χ2n) is 4.24. The second-order valence-corrected chi connectivity index (χ2v) is 5.82. The van der Waals surface area contributed by atoms with E-state index in [1.165, 1.54) is 0 Å². The lowest BCUT2D eigenvalue weighted by Gasteiger charge is -2.10. The Balaban J connectivity index is 2.64. The molecule has 2 atom stereocenters. The summed E-state index contributed by atoms with van der Waals surface area (Å²) in [6.07, 6.45) is 0.778. The average Bonchev–Trinajstić information content (AvgIpc) is 2.36. The molecule has 18 heavy (non-hydrogen) atoms. The Hall–Kier alpha value is -1.07. The van der Waals surface area contributed by atoms with Crippen LogP contribution in [0.3, 0.4) is 0 Å². The molecule has 0 amide bonds. The highest BCUT2D eigenvalue weighted by molar-refractivity contribution is 7.84. The van der Waals surface area contributed by atoms with Crippen LogP contribution in [0.5, 0.6) is 11.5 Å². The molecule has 1 rings (SSSR count). The van der Waals surface area contributed by atoms with Crippen LogP contribution >= 0.6 is 0 Å². The third kappa shape index (κ3) is 4.66. The van der Waals surface area contributed by atoms with Gasteiger partial charge in [-0.3, -0.25) is 4.21 Å². The number of hydrogen-bond acceptors (Lipinski definition) is 4. The van der Waals surface area contributed by atoms with Crippen LogP contribution in [0.1, 0.15) is 18.9 Å². The number of rotatable bonds is 7. The van der Waals surface area contributed by atoms with Crippen molar-refractivity contribution in [3.63, 3.8) is 0 Å². The predicted molar refractivity (Wildman–Crippen MR) is 74.5 cm³/mol. The summed E-state index contributed by atoms with van der Waals surface area (Å²) in [7, 11) is 2.30. The molecule has 0 saturated heterocycles. The van der Waals surface area contributed by atoms with Gasteiger partial charge in [-0.25, -0.2) is 0 Å². The summed E-state index contributed by atoms with van der Waals surface area (Å²) in [6, 6.07) is 5.70. The molecule has 0 fully saturated rings. The molecule has 1 aromatic carbocycles. The zero-order valence-corrected chi connectivity index (χ0v) is 12.0. The molecule has 1 aromatic rings. The van der Waals surface area contributed by atoms with Crippen molar-refractivity contribution in [3.8, 4) is 11.5 Å². The van der Waals surface area contributed by atoms with Crippen molar-refractivity contribution in [1.29, 1.82) is 0 Å². The molecule has 2 N–H and O–H groups in total. The van der Waals surface area contributed by atoms with Gasteiger partial charge in [-0.05, 0) is 31.0 Å². The Kier molecular flexibility index (Phi) is 6.15. The molecule has 5 heteroatoms. The molecule has 0 spiro atoms. The third-order valence-electron chi connectivity index (χ3n) is 2.58. The smallest absolute Gasteiger partial charge is 0.161 e. The number of hydrogen-bond donors (Lipinski definition) is 1. The van der Waals surface area contributed by atoms with Crippen LogP contribution in [-0.4, -0.2) is 30.2 Å². The number of nitrogens with two attached hydrogens (primary N) is 1. The fourth-order valence-electron chi connectivity index (χ4n) is 1.55. The quantitative estimate of drug-likeness (QED) is 0.820. The first-order valence-electron chi connectivity index (χ1n) is 5.88. The Morgan fingerprint density at radius 2 is 1.94 bits per heavy atom. The van der Waals surface area contributed by atoms with E-state index in [9.17, 15) is 4.21 Å². The van der Waals surface area contributed by atoms with Gasteiger partial charge in [0.25, 0.3) is 0 Å². The van der Waals surface area contributed by atoms with Gasteiger partial charge in [0.05, 0.1) is 14.2 Å². The van der Waals surface area contributed by atoms with Gasteiger partial charge in [-0.15, -0.1) is 0 Å². The van der Waals surface area contributed by atoms with Gasteiger partial charge in [0, 0.05) is 28.3 Å². The first-order valence-corrected chi connectivity index (χ1v) is 7.37. The van der Waals surface area contributed by atoms with Gasteiger partial charge >= 0.3 is 0 Å². The van der Waals surface area contributed by atoms with Gasteiger partial charge in [0.2, 0.25) is 0 Å². The van der Waals surface area contributed by atoms with E-state index in [2.05, 4.69) is 0 Å². The molecule has 0 aromatic heterocycles. The summed E-state index contributed by atoms with van der Waals surface area (Å²) in [4.78, 5) is 0.